The van der Waals surface area contributed by atoms with E-state index in [1.54, 1.807) is 0 Å². The highest BCUT2D eigenvalue weighted by molar-refractivity contribution is 5.45. The van der Waals surface area contributed by atoms with Gasteiger partial charge in [0.25, 0.3) is 0 Å². The van der Waals surface area contributed by atoms with Gasteiger partial charge in [-0.1, -0.05) is 0 Å². The summed E-state index contributed by atoms with van der Waals surface area (Å²) in [7, 11) is 0. The van der Waals surface area contributed by atoms with Crippen LogP contribution in [0.2, 0.25) is 0 Å². The molecule has 0 saturated heterocycles. The van der Waals surface area contributed by atoms with Crippen LogP contribution in [0.1, 0.15) is 24.5 Å². The van der Waals surface area contributed by atoms with Crippen molar-refractivity contribution in [1.82, 2.24) is 14.5 Å². The van der Waals surface area contributed by atoms with Crippen LogP contribution in [0.5, 0.6) is 0 Å². The van der Waals surface area contributed by atoms with Crippen LogP contribution in [0.3, 0.4) is 0 Å². The first-order valence-corrected chi connectivity index (χ1v) is 6.20. The average molecular weight is 243 g/mol. The lowest BCUT2D eigenvalue weighted by molar-refractivity contribution is 0.559. The van der Waals surface area contributed by atoms with Crippen LogP contribution in [0, 0.1) is 0 Å². The highest BCUT2D eigenvalue weighted by atomic mass is 15.2. The lowest BCUT2D eigenvalue weighted by Crippen LogP contribution is -2.33. The summed E-state index contributed by atoms with van der Waals surface area (Å²) in [4.78, 5) is 11.1. The Balaban J connectivity index is 1.80. The summed E-state index contributed by atoms with van der Waals surface area (Å²) >= 11 is 0. The molecule has 0 aromatic carbocycles. The summed E-state index contributed by atoms with van der Waals surface area (Å²) in [6.07, 6.45) is 5.79. The Morgan fingerprint density at radius 3 is 2.89 bits per heavy atom. The van der Waals surface area contributed by atoms with E-state index in [1.165, 1.54) is 0 Å². The minimum Gasteiger partial charge on any atom is -0.361 e. The molecule has 0 fully saturated rings. The zero-order valence-corrected chi connectivity index (χ0v) is 10.5. The van der Waals surface area contributed by atoms with Crippen LogP contribution < -0.4 is 10.6 Å². The van der Waals surface area contributed by atoms with Crippen molar-refractivity contribution in [2.24, 2.45) is 5.73 Å². The Morgan fingerprint density at radius 1 is 1.28 bits per heavy atom. The molecule has 2 aromatic rings. The van der Waals surface area contributed by atoms with Crippen LogP contribution in [0.25, 0.3) is 0 Å². The Morgan fingerprint density at radius 2 is 2.17 bits per heavy atom. The number of anilines is 1. The number of nitrogens with zero attached hydrogens (tertiary/aromatic N) is 4. The van der Waals surface area contributed by atoms with E-state index in [2.05, 4.69) is 25.5 Å². The molecule has 0 aliphatic carbocycles. The standard InChI is InChI=1S/C13H17N5/c1-10(14)12-3-2-11(8-16-12)18-7-6-17-5-4-15-13(17)9-18/h2-5,8,10H,6-7,9,14H2,1H3/t10-/m0/s1. The summed E-state index contributed by atoms with van der Waals surface area (Å²) < 4.78 is 2.19. The fourth-order valence-corrected chi connectivity index (χ4v) is 2.25. The van der Waals surface area contributed by atoms with E-state index >= 15 is 0 Å². The van der Waals surface area contributed by atoms with E-state index in [0.29, 0.717) is 0 Å². The summed E-state index contributed by atoms with van der Waals surface area (Å²) in [5, 5.41) is 0. The van der Waals surface area contributed by atoms with E-state index < -0.39 is 0 Å². The first-order valence-electron chi connectivity index (χ1n) is 6.20. The van der Waals surface area contributed by atoms with Gasteiger partial charge in [-0.25, -0.2) is 4.98 Å². The van der Waals surface area contributed by atoms with Gasteiger partial charge in [-0.15, -0.1) is 0 Å². The lowest BCUT2D eigenvalue weighted by Gasteiger charge is -2.29. The molecular weight excluding hydrogens is 226 g/mol. The Kier molecular flexibility index (Phi) is 2.76. The van der Waals surface area contributed by atoms with Crippen LogP contribution in [-0.4, -0.2) is 21.1 Å². The molecule has 0 amide bonds. The fourth-order valence-electron chi connectivity index (χ4n) is 2.25. The first kappa shape index (κ1) is 11.2. The van der Waals surface area contributed by atoms with E-state index in [-0.39, 0.29) is 6.04 Å². The molecular formula is C13H17N5. The second-order valence-corrected chi connectivity index (χ2v) is 4.69. The lowest BCUT2D eigenvalue weighted by atomic mass is 10.2. The second-order valence-electron chi connectivity index (χ2n) is 4.69. The van der Waals surface area contributed by atoms with Crippen molar-refractivity contribution >= 4 is 5.69 Å². The van der Waals surface area contributed by atoms with Gasteiger partial charge >= 0.3 is 0 Å². The number of hydrogen-bond acceptors (Lipinski definition) is 4. The van der Waals surface area contributed by atoms with Crippen LogP contribution in [0.4, 0.5) is 5.69 Å². The molecule has 3 heterocycles. The number of imidazole rings is 1. The van der Waals surface area contributed by atoms with Gasteiger partial charge in [0, 0.05) is 31.5 Å². The number of hydrogen-bond donors (Lipinski definition) is 1. The van der Waals surface area contributed by atoms with E-state index in [1.807, 2.05) is 31.6 Å². The summed E-state index contributed by atoms with van der Waals surface area (Å²) in [6.45, 7) is 4.75. The molecule has 0 bridgehead atoms. The number of nitrogens with two attached hydrogens (primary N) is 1. The van der Waals surface area contributed by atoms with E-state index in [0.717, 1.165) is 36.8 Å². The molecule has 94 valence electrons. The van der Waals surface area contributed by atoms with Gasteiger partial charge < -0.3 is 15.2 Å². The molecule has 0 saturated carbocycles. The second kappa shape index (κ2) is 4.42. The number of aromatic nitrogens is 3. The number of rotatable bonds is 2. The van der Waals surface area contributed by atoms with Gasteiger partial charge in [-0.2, -0.15) is 0 Å². The minimum absolute atomic E-state index is 0.0145. The van der Waals surface area contributed by atoms with Gasteiger partial charge in [0.15, 0.2) is 0 Å². The maximum atomic E-state index is 5.80. The Labute approximate surface area is 106 Å². The topological polar surface area (TPSA) is 60.0 Å². The molecule has 18 heavy (non-hydrogen) atoms. The molecule has 5 heteroatoms. The first-order chi connectivity index (χ1) is 8.74. The smallest absolute Gasteiger partial charge is 0.128 e. The maximum absolute atomic E-state index is 5.80. The third kappa shape index (κ3) is 1.97. The van der Waals surface area contributed by atoms with Crippen molar-refractivity contribution in [1.29, 1.82) is 0 Å². The fraction of sp³-hybridized carbons (Fsp3) is 0.385. The van der Waals surface area contributed by atoms with Crippen molar-refractivity contribution in [3.05, 3.63) is 42.2 Å². The summed E-state index contributed by atoms with van der Waals surface area (Å²) in [5.74, 6) is 1.11. The SMILES string of the molecule is C[C@H](N)c1ccc(N2CCn3ccnc3C2)cn1. The molecule has 0 spiro atoms. The third-order valence-electron chi connectivity index (χ3n) is 3.35. The summed E-state index contributed by atoms with van der Waals surface area (Å²) in [5.41, 5.74) is 7.86. The highest BCUT2D eigenvalue weighted by Crippen LogP contribution is 2.20. The van der Waals surface area contributed by atoms with Crippen molar-refractivity contribution < 1.29 is 0 Å². The van der Waals surface area contributed by atoms with Crippen molar-refractivity contribution in [2.45, 2.75) is 26.1 Å². The minimum atomic E-state index is -0.0145. The quantitative estimate of drug-likeness (QED) is 0.864. The average Bonchev–Trinajstić information content (AvgIpc) is 2.86. The molecule has 3 rings (SSSR count). The van der Waals surface area contributed by atoms with Gasteiger partial charge in [-0.3, -0.25) is 4.98 Å². The predicted molar refractivity (Wildman–Crippen MR) is 70.1 cm³/mol. The van der Waals surface area contributed by atoms with Gasteiger partial charge in [0.2, 0.25) is 0 Å². The van der Waals surface area contributed by atoms with E-state index in [9.17, 15) is 0 Å². The molecule has 2 aromatic heterocycles. The van der Waals surface area contributed by atoms with Crippen molar-refractivity contribution in [3.8, 4) is 0 Å². The molecule has 0 radical (unpaired) electrons. The van der Waals surface area contributed by atoms with E-state index in [4.69, 9.17) is 5.73 Å². The third-order valence-corrected chi connectivity index (χ3v) is 3.35. The highest BCUT2D eigenvalue weighted by Gasteiger charge is 2.17. The maximum Gasteiger partial charge on any atom is 0.128 e. The molecule has 0 unspecified atom stereocenters. The van der Waals surface area contributed by atoms with Gasteiger partial charge in [0.05, 0.1) is 24.1 Å². The van der Waals surface area contributed by atoms with Crippen LogP contribution in [-0.2, 0) is 13.1 Å². The Bertz CT molecular complexity index is 529. The van der Waals surface area contributed by atoms with Crippen LogP contribution >= 0.6 is 0 Å². The van der Waals surface area contributed by atoms with Gasteiger partial charge in [-0.05, 0) is 19.1 Å². The monoisotopic (exact) mass is 243 g/mol. The zero-order valence-electron chi connectivity index (χ0n) is 10.5. The van der Waals surface area contributed by atoms with Crippen LogP contribution in [0.15, 0.2) is 30.7 Å². The van der Waals surface area contributed by atoms with Crippen molar-refractivity contribution in [2.75, 3.05) is 11.4 Å². The van der Waals surface area contributed by atoms with Gasteiger partial charge in [0.1, 0.15) is 5.82 Å². The largest absolute Gasteiger partial charge is 0.361 e. The molecule has 1 aliphatic rings. The molecule has 5 nitrogen and oxygen atoms in total. The zero-order chi connectivity index (χ0) is 12.5. The normalized spacial score (nSPS) is 16.4. The molecule has 1 aliphatic heterocycles. The number of fused-ring (bicyclic) bond motifs is 1. The van der Waals surface area contributed by atoms with Crippen molar-refractivity contribution in [3.63, 3.8) is 0 Å². The molecule has 2 N–H and O–H groups in total. The molecule has 1 atom stereocenters. The summed E-state index contributed by atoms with van der Waals surface area (Å²) in [6, 6.07) is 4.07. The predicted octanol–water partition coefficient (Wildman–Crippen LogP) is 1.32. The Hall–Kier alpha value is -1.88. The number of pyridine rings is 1.